The van der Waals surface area contributed by atoms with E-state index in [1.807, 2.05) is 19.9 Å². The van der Waals surface area contributed by atoms with Crippen LogP contribution >= 0.6 is 23.2 Å². The lowest BCUT2D eigenvalue weighted by Gasteiger charge is -2.10. The summed E-state index contributed by atoms with van der Waals surface area (Å²) in [4.78, 5) is 15.8. The van der Waals surface area contributed by atoms with Crippen molar-refractivity contribution in [3.8, 4) is 0 Å². The minimum Gasteiger partial charge on any atom is -0.359 e. The molecular formula is C22H18Cl2N2O3S. The molecule has 4 rings (SSSR count). The normalized spacial score (nSPS) is 14.8. The van der Waals surface area contributed by atoms with Crippen molar-refractivity contribution >= 4 is 56.3 Å². The van der Waals surface area contributed by atoms with E-state index in [0.717, 1.165) is 17.0 Å². The van der Waals surface area contributed by atoms with E-state index in [0.29, 0.717) is 32.4 Å². The highest BCUT2D eigenvalue weighted by atomic mass is 35.5. The number of amides is 1. The number of rotatable bonds is 4. The van der Waals surface area contributed by atoms with Gasteiger partial charge in [-0.05, 0) is 61.9 Å². The molecule has 5 nitrogen and oxygen atoms in total. The van der Waals surface area contributed by atoms with Crippen molar-refractivity contribution in [3.63, 3.8) is 0 Å². The Morgan fingerprint density at radius 3 is 2.37 bits per heavy atom. The topological polar surface area (TPSA) is 79.0 Å². The van der Waals surface area contributed by atoms with Gasteiger partial charge in [0, 0.05) is 38.2 Å². The Hall–Kier alpha value is -2.54. The van der Waals surface area contributed by atoms with Gasteiger partial charge in [-0.3, -0.25) is 4.79 Å². The van der Waals surface area contributed by atoms with Gasteiger partial charge in [0.2, 0.25) is 0 Å². The molecule has 154 valence electrons. The van der Waals surface area contributed by atoms with Crippen LogP contribution in [0.1, 0.15) is 28.1 Å². The number of hydrogen-bond acceptors (Lipinski definition) is 3. The van der Waals surface area contributed by atoms with Gasteiger partial charge in [-0.15, -0.1) is 0 Å². The third kappa shape index (κ3) is 3.78. The summed E-state index contributed by atoms with van der Waals surface area (Å²) >= 11 is 12.3. The number of H-pyrrole nitrogens is 1. The molecule has 3 aromatic rings. The molecule has 0 atom stereocenters. The summed E-state index contributed by atoms with van der Waals surface area (Å²) in [6.45, 7) is 3.88. The van der Waals surface area contributed by atoms with Crippen LogP contribution in [0.15, 0.2) is 47.4 Å². The smallest absolute Gasteiger partial charge is 0.256 e. The highest BCUT2D eigenvalue weighted by molar-refractivity contribution is 7.90. The highest BCUT2D eigenvalue weighted by Crippen LogP contribution is 2.36. The van der Waals surface area contributed by atoms with Crippen molar-refractivity contribution in [1.29, 1.82) is 0 Å². The molecule has 2 N–H and O–H groups in total. The van der Waals surface area contributed by atoms with Gasteiger partial charge in [-0.1, -0.05) is 29.3 Å². The molecule has 0 radical (unpaired) electrons. The molecule has 0 saturated carbocycles. The zero-order valence-electron chi connectivity index (χ0n) is 16.2. The Kier molecular flexibility index (Phi) is 5.26. The molecule has 0 fully saturated rings. The fourth-order valence-electron chi connectivity index (χ4n) is 3.49. The predicted molar refractivity (Wildman–Crippen MR) is 121 cm³/mol. The molecule has 8 heteroatoms. The molecule has 1 aliphatic heterocycles. The number of nitrogens with one attached hydrogen (secondary N) is 2. The van der Waals surface area contributed by atoms with Crippen LogP contribution in [0.3, 0.4) is 0 Å². The number of aromatic nitrogens is 1. The van der Waals surface area contributed by atoms with Gasteiger partial charge in [-0.2, -0.15) is 0 Å². The molecule has 1 aromatic heterocycles. The minimum atomic E-state index is -3.74. The lowest BCUT2D eigenvalue weighted by Crippen LogP contribution is -2.06. The molecule has 2 heterocycles. The summed E-state index contributed by atoms with van der Waals surface area (Å²) in [5.74, 6) is -0.611. The monoisotopic (exact) mass is 460 g/mol. The van der Waals surface area contributed by atoms with E-state index in [9.17, 15) is 13.2 Å². The summed E-state index contributed by atoms with van der Waals surface area (Å²) < 4.78 is 26.1. The maximum atomic E-state index is 13.1. The number of halogens is 2. The lowest BCUT2D eigenvalue weighted by atomic mass is 10.1. The maximum absolute atomic E-state index is 13.1. The van der Waals surface area contributed by atoms with Crippen molar-refractivity contribution in [2.75, 3.05) is 5.32 Å². The molecule has 30 heavy (non-hydrogen) atoms. The number of aromatic amines is 1. The van der Waals surface area contributed by atoms with Crippen molar-refractivity contribution < 1.29 is 13.2 Å². The molecule has 0 unspecified atom stereocenters. The predicted octanol–water partition coefficient (Wildman–Crippen LogP) is 5.40. The summed E-state index contributed by atoms with van der Waals surface area (Å²) in [7, 11) is -3.74. The molecular weight excluding hydrogens is 443 g/mol. The fraction of sp³-hybridized carbons (Fsp3) is 0.136. The second kappa shape index (κ2) is 7.61. The molecule has 1 aliphatic rings. The first kappa shape index (κ1) is 20.7. The average Bonchev–Trinajstić information content (AvgIpc) is 3.16. The van der Waals surface area contributed by atoms with E-state index >= 15 is 0 Å². The zero-order valence-corrected chi connectivity index (χ0v) is 18.5. The van der Waals surface area contributed by atoms with Gasteiger partial charge < -0.3 is 10.3 Å². The average molecular weight is 461 g/mol. The van der Waals surface area contributed by atoms with E-state index in [2.05, 4.69) is 10.3 Å². The maximum Gasteiger partial charge on any atom is 0.256 e. The van der Waals surface area contributed by atoms with Crippen LogP contribution < -0.4 is 5.32 Å². The van der Waals surface area contributed by atoms with E-state index < -0.39 is 9.84 Å². The van der Waals surface area contributed by atoms with Crippen LogP contribution in [0.5, 0.6) is 0 Å². The highest BCUT2D eigenvalue weighted by Gasteiger charge is 2.28. The van der Waals surface area contributed by atoms with E-state index in [1.54, 1.807) is 30.3 Å². The van der Waals surface area contributed by atoms with Crippen LogP contribution in [0.4, 0.5) is 5.69 Å². The fourth-order valence-corrected chi connectivity index (χ4v) is 5.61. The summed E-state index contributed by atoms with van der Waals surface area (Å²) in [5.41, 5.74) is 4.65. The Labute approximate surface area is 184 Å². The zero-order chi connectivity index (χ0) is 21.6. The largest absolute Gasteiger partial charge is 0.359 e. The minimum absolute atomic E-state index is 0.0963. The molecule has 0 aliphatic carbocycles. The molecule has 0 bridgehead atoms. The first-order valence-electron chi connectivity index (χ1n) is 9.15. The van der Waals surface area contributed by atoms with Gasteiger partial charge in [0.1, 0.15) is 0 Å². The quantitative estimate of drug-likeness (QED) is 0.511. The number of anilines is 1. The van der Waals surface area contributed by atoms with Gasteiger partial charge >= 0.3 is 0 Å². The summed E-state index contributed by atoms with van der Waals surface area (Å²) in [6.07, 6.45) is 1.74. The molecule has 0 saturated heterocycles. The number of benzene rings is 2. The second-order valence-electron chi connectivity index (χ2n) is 7.23. The molecule has 1 amide bonds. The Morgan fingerprint density at radius 1 is 1.03 bits per heavy atom. The van der Waals surface area contributed by atoms with Gasteiger partial charge in [0.25, 0.3) is 5.91 Å². The standard InChI is InChI=1S/C22H18Cl2N2O3S/c1-12-8-13(2)25-21(12)10-16-15-9-14(6-7-20(15)26-22(16)27)30(28,29)11-17-18(23)4-3-5-19(17)24/h3-10,25H,11H2,1-2H3,(H,26,27). The van der Waals surface area contributed by atoms with Crippen molar-refractivity contribution in [2.24, 2.45) is 0 Å². The van der Waals surface area contributed by atoms with E-state index in [-0.39, 0.29) is 16.6 Å². The number of hydrogen-bond donors (Lipinski definition) is 2. The van der Waals surface area contributed by atoms with E-state index in [1.165, 1.54) is 12.1 Å². The van der Waals surface area contributed by atoms with Crippen molar-refractivity contribution in [2.45, 2.75) is 24.5 Å². The van der Waals surface area contributed by atoms with Crippen molar-refractivity contribution in [1.82, 2.24) is 4.98 Å². The molecule has 0 spiro atoms. The van der Waals surface area contributed by atoms with Gasteiger partial charge in [-0.25, -0.2) is 8.42 Å². The van der Waals surface area contributed by atoms with Gasteiger partial charge in [0.05, 0.1) is 16.2 Å². The number of sulfone groups is 1. The Balaban J connectivity index is 1.76. The third-order valence-corrected chi connectivity index (χ3v) is 7.36. The van der Waals surface area contributed by atoms with Crippen LogP contribution in [-0.4, -0.2) is 19.3 Å². The van der Waals surface area contributed by atoms with Crippen LogP contribution in [0.25, 0.3) is 11.6 Å². The first-order valence-corrected chi connectivity index (χ1v) is 11.6. The number of carbonyl (C=O) groups is 1. The third-order valence-electron chi connectivity index (χ3n) is 5.01. The number of aryl methyl sites for hydroxylation is 2. The van der Waals surface area contributed by atoms with Crippen LogP contribution in [-0.2, 0) is 20.4 Å². The van der Waals surface area contributed by atoms with Crippen molar-refractivity contribution in [3.05, 3.63) is 80.6 Å². The first-order chi connectivity index (χ1) is 14.2. The SMILES string of the molecule is Cc1cc(C)c(C=C2C(=O)Nc3ccc(S(=O)(=O)Cc4c(Cl)cccc4Cl)cc32)[nH]1. The summed E-state index contributed by atoms with van der Waals surface area (Å²) in [5, 5.41) is 3.37. The lowest BCUT2D eigenvalue weighted by molar-refractivity contribution is -0.110. The van der Waals surface area contributed by atoms with Crippen LogP contribution in [0, 0.1) is 13.8 Å². The van der Waals surface area contributed by atoms with E-state index in [4.69, 9.17) is 23.2 Å². The van der Waals surface area contributed by atoms with Crippen LogP contribution in [0.2, 0.25) is 10.0 Å². The Morgan fingerprint density at radius 2 is 1.73 bits per heavy atom. The number of carbonyl (C=O) groups excluding carboxylic acids is 1. The molecule has 2 aromatic carbocycles. The second-order valence-corrected chi connectivity index (χ2v) is 10.0. The number of fused-ring (bicyclic) bond motifs is 1. The summed E-state index contributed by atoms with van der Waals surface area (Å²) in [6, 6.07) is 11.4. The van der Waals surface area contributed by atoms with Gasteiger partial charge in [0.15, 0.2) is 9.84 Å². The Bertz CT molecular complexity index is 1300.